The number of carbonyl (C=O) groups is 1. The van der Waals surface area contributed by atoms with Crippen LogP contribution >= 0.6 is 22.7 Å². The fourth-order valence-corrected chi connectivity index (χ4v) is 3.13. The van der Waals surface area contributed by atoms with E-state index in [2.05, 4.69) is 31.7 Å². The minimum atomic E-state index is -0.171. The first-order chi connectivity index (χ1) is 10.8. The number of nitrogens with zero attached hydrogens (tertiary/aromatic N) is 3. The Labute approximate surface area is 135 Å². The van der Waals surface area contributed by atoms with E-state index in [1.54, 1.807) is 35.2 Å². The Hall–Kier alpha value is -2.32. The van der Waals surface area contributed by atoms with E-state index >= 15 is 0 Å². The molecule has 0 radical (unpaired) electrons. The lowest BCUT2D eigenvalue weighted by molar-refractivity contribution is 0.0950. The molecule has 8 heteroatoms. The summed E-state index contributed by atoms with van der Waals surface area (Å²) in [5, 5.41) is 10.2. The highest BCUT2D eigenvalue weighted by molar-refractivity contribution is 7.14. The van der Waals surface area contributed by atoms with Crippen molar-refractivity contribution in [3.8, 4) is 0 Å². The minimum absolute atomic E-state index is 0.171. The first kappa shape index (κ1) is 14.6. The summed E-state index contributed by atoms with van der Waals surface area (Å²) in [4.78, 5) is 25.6. The second-order valence-corrected chi connectivity index (χ2v) is 6.21. The van der Waals surface area contributed by atoms with Crippen LogP contribution in [0.1, 0.15) is 15.4 Å². The molecule has 1 amide bonds. The van der Waals surface area contributed by atoms with Crippen molar-refractivity contribution in [2.75, 3.05) is 11.9 Å². The Balaban J connectivity index is 1.53. The summed E-state index contributed by atoms with van der Waals surface area (Å²) >= 11 is 3.03. The number of hydrogen-bond donors (Lipinski definition) is 2. The van der Waals surface area contributed by atoms with Crippen molar-refractivity contribution in [2.45, 2.75) is 6.42 Å². The van der Waals surface area contributed by atoms with E-state index in [0.29, 0.717) is 23.3 Å². The van der Waals surface area contributed by atoms with Crippen LogP contribution in [-0.4, -0.2) is 27.4 Å². The molecule has 0 aliphatic rings. The normalized spacial score (nSPS) is 10.4. The van der Waals surface area contributed by atoms with Crippen LogP contribution in [0.3, 0.4) is 0 Å². The average molecular weight is 331 g/mol. The van der Waals surface area contributed by atoms with E-state index < -0.39 is 0 Å². The Kier molecular flexibility index (Phi) is 4.71. The van der Waals surface area contributed by atoms with E-state index in [0.717, 1.165) is 6.42 Å². The van der Waals surface area contributed by atoms with Crippen molar-refractivity contribution < 1.29 is 4.79 Å². The summed E-state index contributed by atoms with van der Waals surface area (Å²) in [6.07, 6.45) is 4.11. The Morgan fingerprint density at radius 2 is 2.05 bits per heavy atom. The number of rotatable bonds is 6. The molecule has 22 heavy (non-hydrogen) atoms. The third kappa shape index (κ3) is 3.86. The molecule has 0 fully saturated rings. The highest BCUT2D eigenvalue weighted by Gasteiger charge is 2.11. The molecule has 3 aromatic heterocycles. The molecule has 0 unspecified atom stereocenters. The first-order valence-corrected chi connectivity index (χ1v) is 8.37. The maximum Gasteiger partial charge on any atom is 0.270 e. The summed E-state index contributed by atoms with van der Waals surface area (Å²) < 4.78 is 0. The molecule has 0 saturated carbocycles. The van der Waals surface area contributed by atoms with Gasteiger partial charge in [0.15, 0.2) is 5.13 Å². The van der Waals surface area contributed by atoms with Crippen molar-refractivity contribution in [3.63, 3.8) is 0 Å². The van der Waals surface area contributed by atoms with Gasteiger partial charge < -0.3 is 10.6 Å². The number of nitrogens with one attached hydrogen (secondary N) is 2. The van der Waals surface area contributed by atoms with Crippen molar-refractivity contribution in [3.05, 3.63) is 51.9 Å². The molecule has 0 aromatic carbocycles. The second kappa shape index (κ2) is 7.10. The molecule has 2 N–H and O–H groups in total. The number of thiophene rings is 1. The van der Waals surface area contributed by atoms with Crippen molar-refractivity contribution in [2.24, 2.45) is 0 Å². The van der Waals surface area contributed by atoms with Crippen LogP contribution in [0.25, 0.3) is 0 Å². The molecular formula is C14H13N5OS2. The van der Waals surface area contributed by atoms with Crippen LogP contribution in [0.15, 0.2) is 41.4 Å². The molecule has 3 aromatic rings. The first-order valence-electron chi connectivity index (χ1n) is 6.61. The zero-order chi connectivity index (χ0) is 15.2. The van der Waals surface area contributed by atoms with Gasteiger partial charge in [0, 0.05) is 29.2 Å². The molecule has 112 valence electrons. The van der Waals surface area contributed by atoms with E-state index in [1.807, 2.05) is 11.4 Å². The van der Waals surface area contributed by atoms with Crippen molar-refractivity contribution in [1.82, 2.24) is 20.3 Å². The van der Waals surface area contributed by atoms with Gasteiger partial charge in [-0.2, -0.15) is 0 Å². The van der Waals surface area contributed by atoms with E-state index in [-0.39, 0.29) is 5.91 Å². The number of carbonyl (C=O) groups excluding carboxylic acids is 1. The Morgan fingerprint density at radius 1 is 1.18 bits per heavy atom. The second-order valence-electron chi connectivity index (χ2n) is 4.32. The zero-order valence-electron chi connectivity index (χ0n) is 11.5. The zero-order valence-corrected chi connectivity index (χ0v) is 13.2. The number of thiazole rings is 1. The largest absolute Gasteiger partial charge is 0.350 e. The van der Waals surface area contributed by atoms with Crippen molar-refractivity contribution >= 4 is 39.7 Å². The number of hydrogen-bond acceptors (Lipinski definition) is 7. The lowest BCUT2D eigenvalue weighted by atomic mass is 10.3. The molecule has 6 nitrogen and oxygen atoms in total. The molecule has 0 aliphatic heterocycles. The molecular weight excluding hydrogens is 318 g/mol. The van der Waals surface area contributed by atoms with Gasteiger partial charge in [0.2, 0.25) is 5.95 Å². The maximum absolute atomic E-state index is 12.0. The summed E-state index contributed by atoms with van der Waals surface area (Å²) in [5.74, 6) is 0.288. The van der Waals surface area contributed by atoms with E-state index in [4.69, 9.17) is 0 Å². The Bertz CT molecular complexity index is 727. The topological polar surface area (TPSA) is 79.8 Å². The fourth-order valence-electron chi connectivity index (χ4n) is 1.74. The van der Waals surface area contributed by atoms with Crippen LogP contribution in [0, 0.1) is 0 Å². The van der Waals surface area contributed by atoms with Gasteiger partial charge in [-0.25, -0.2) is 15.0 Å². The van der Waals surface area contributed by atoms with Gasteiger partial charge in [-0.1, -0.05) is 6.07 Å². The van der Waals surface area contributed by atoms with Gasteiger partial charge in [0.05, 0.1) is 0 Å². The van der Waals surface area contributed by atoms with Crippen molar-refractivity contribution in [1.29, 1.82) is 0 Å². The van der Waals surface area contributed by atoms with E-state index in [9.17, 15) is 4.79 Å². The lowest BCUT2D eigenvalue weighted by Gasteiger charge is -2.01. The van der Waals surface area contributed by atoms with Gasteiger partial charge in [0.25, 0.3) is 5.91 Å². The summed E-state index contributed by atoms with van der Waals surface area (Å²) in [6, 6.07) is 5.80. The number of anilines is 2. The van der Waals surface area contributed by atoms with Gasteiger partial charge in [-0.05, 0) is 23.9 Å². The molecule has 0 saturated heterocycles. The van der Waals surface area contributed by atoms with Gasteiger partial charge >= 0.3 is 0 Å². The molecule has 0 aliphatic carbocycles. The smallest absolute Gasteiger partial charge is 0.270 e. The molecule has 0 atom stereocenters. The van der Waals surface area contributed by atoms with Crippen LogP contribution in [0.2, 0.25) is 0 Å². The van der Waals surface area contributed by atoms with Crippen LogP contribution < -0.4 is 10.6 Å². The predicted molar refractivity (Wildman–Crippen MR) is 87.8 cm³/mol. The number of amides is 1. The summed E-state index contributed by atoms with van der Waals surface area (Å²) in [5.41, 5.74) is 0.398. The molecule has 3 rings (SSSR count). The monoisotopic (exact) mass is 331 g/mol. The third-order valence-corrected chi connectivity index (χ3v) is 4.45. The maximum atomic E-state index is 12.0. The molecule has 0 bridgehead atoms. The lowest BCUT2D eigenvalue weighted by Crippen LogP contribution is -2.25. The molecule has 3 heterocycles. The predicted octanol–water partition coefficient (Wildman–Crippen LogP) is 2.71. The fraction of sp³-hybridized carbons (Fsp3) is 0.143. The minimum Gasteiger partial charge on any atom is -0.350 e. The average Bonchev–Trinajstić information content (AvgIpc) is 3.20. The van der Waals surface area contributed by atoms with Crippen LogP contribution in [-0.2, 0) is 6.42 Å². The molecule has 0 spiro atoms. The highest BCUT2D eigenvalue weighted by Crippen LogP contribution is 2.18. The quantitative estimate of drug-likeness (QED) is 0.726. The summed E-state index contributed by atoms with van der Waals surface area (Å²) in [7, 11) is 0. The van der Waals surface area contributed by atoms with Gasteiger partial charge in [0.1, 0.15) is 5.69 Å². The van der Waals surface area contributed by atoms with Gasteiger partial charge in [-0.3, -0.25) is 4.79 Å². The number of aromatic nitrogens is 3. The third-order valence-electron chi connectivity index (χ3n) is 2.76. The van der Waals surface area contributed by atoms with Crippen LogP contribution in [0.5, 0.6) is 0 Å². The SMILES string of the molecule is O=C(NCCc1cccs1)c1csc(Nc2ncccn2)n1. The standard InChI is InChI=1S/C14H13N5OS2/c20-12(15-7-4-10-3-1-8-21-10)11-9-22-14(18-11)19-13-16-5-2-6-17-13/h1-3,5-6,8-9H,4,7H2,(H,15,20)(H,16,17,18,19). The highest BCUT2D eigenvalue weighted by atomic mass is 32.1. The van der Waals surface area contributed by atoms with E-state index in [1.165, 1.54) is 16.2 Å². The van der Waals surface area contributed by atoms with Gasteiger partial charge in [-0.15, -0.1) is 22.7 Å². The summed E-state index contributed by atoms with van der Waals surface area (Å²) in [6.45, 7) is 0.599. The Morgan fingerprint density at radius 3 is 2.82 bits per heavy atom. The van der Waals surface area contributed by atoms with Crippen LogP contribution in [0.4, 0.5) is 11.1 Å².